The summed E-state index contributed by atoms with van der Waals surface area (Å²) in [5, 5.41) is 0. The minimum atomic E-state index is -0.137. The third kappa shape index (κ3) is 3.83. The van der Waals surface area contributed by atoms with Gasteiger partial charge in [-0.1, -0.05) is 0 Å². The number of carbonyl (C=O) groups is 1. The van der Waals surface area contributed by atoms with Gasteiger partial charge in [-0.2, -0.15) is 0 Å². The number of aryl methyl sites for hydroxylation is 4. The molecule has 0 fully saturated rings. The van der Waals surface area contributed by atoms with Crippen LogP contribution in [0.2, 0.25) is 0 Å². The van der Waals surface area contributed by atoms with Gasteiger partial charge in [-0.05, 0) is 57.5 Å². The Labute approximate surface area is 136 Å². The second kappa shape index (κ2) is 6.88. The van der Waals surface area contributed by atoms with Crippen LogP contribution in [-0.2, 0) is 11.3 Å². The molecule has 0 spiro atoms. The summed E-state index contributed by atoms with van der Waals surface area (Å²) in [6, 6.07) is 7.79. The Morgan fingerprint density at radius 2 is 1.68 bits per heavy atom. The number of hydrogen-bond acceptors (Lipinski definition) is 3. The Bertz CT molecular complexity index is 680. The van der Waals surface area contributed by atoms with E-state index >= 15 is 0 Å². The smallest absolute Gasteiger partial charge is 0.242 e. The van der Waals surface area contributed by atoms with Gasteiger partial charge in [0.2, 0.25) is 5.91 Å². The highest BCUT2D eigenvalue weighted by molar-refractivity contribution is 6.29. The molecule has 0 saturated carbocycles. The quantitative estimate of drug-likeness (QED) is 0.811. The molecule has 22 heavy (non-hydrogen) atoms. The molecule has 2 rings (SSSR count). The number of amides is 1. The topological polar surface area (TPSA) is 46.1 Å². The van der Waals surface area contributed by atoms with E-state index in [4.69, 9.17) is 11.6 Å². The summed E-state index contributed by atoms with van der Waals surface area (Å²) in [6.45, 7) is 8.19. The molecule has 0 radical (unpaired) electrons. The van der Waals surface area contributed by atoms with Crippen LogP contribution in [0.3, 0.4) is 0 Å². The van der Waals surface area contributed by atoms with Crippen LogP contribution in [0.5, 0.6) is 0 Å². The molecule has 0 saturated heterocycles. The zero-order valence-corrected chi connectivity index (χ0v) is 14.1. The summed E-state index contributed by atoms with van der Waals surface area (Å²) in [6.07, 6.45) is 0. The lowest BCUT2D eigenvalue weighted by Gasteiger charge is -2.24. The maximum atomic E-state index is 12.3. The summed E-state index contributed by atoms with van der Waals surface area (Å²) in [5.41, 5.74) is 5.45. The Balaban J connectivity index is 2.40. The summed E-state index contributed by atoms with van der Waals surface area (Å²) < 4.78 is 0. The number of nitrogens with zero attached hydrogens (tertiary/aromatic N) is 3. The van der Waals surface area contributed by atoms with Crippen molar-refractivity contribution in [2.24, 2.45) is 0 Å². The molecule has 116 valence electrons. The molecule has 0 aromatic carbocycles. The predicted octanol–water partition coefficient (Wildman–Crippen LogP) is 3.48. The van der Waals surface area contributed by atoms with Crippen LogP contribution in [0.4, 0.5) is 5.69 Å². The van der Waals surface area contributed by atoms with Crippen LogP contribution < -0.4 is 4.90 Å². The van der Waals surface area contributed by atoms with Crippen molar-refractivity contribution in [3.05, 3.63) is 52.6 Å². The highest BCUT2D eigenvalue weighted by Gasteiger charge is 2.18. The molecule has 0 bridgehead atoms. The van der Waals surface area contributed by atoms with Crippen LogP contribution in [0.25, 0.3) is 0 Å². The molecule has 2 heterocycles. The van der Waals surface area contributed by atoms with Gasteiger partial charge in [-0.25, -0.2) is 0 Å². The summed E-state index contributed by atoms with van der Waals surface area (Å²) >= 11 is 5.79. The lowest BCUT2D eigenvalue weighted by molar-refractivity contribution is -0.116. The summed E-state index contributed by atoms with van der Waals surface area (Å²) in [5.74, 6) is -0.196. The lowest BCUT2D eigenvalue weighted by Crippen LogP contribution is -2.32. The van der Waals surface area contributed by atoms with E-state index in [9.17, 15) is 4.79 Å². The van der Waals surface area contributed by atoms with E-state index in [2.05, 4.69) is 9.97 Å². The molecular formula is C17H20ClN3O. The molecule has 0 aliphatic heterocycles. The maximum absolute atomic E-state index is 12.3. The number of anilines is 1. The van der Waals surface area contributed by atoms with E-state index in [1.807, 2.05) is 52.0 Å². The Kier molecular flexibility index (Phi) is 5.14. The van der Waals surface area contributed by atoms with Gasteiger partial charge >= 0.3 is 0 Å². The first-order chi connectivity index (χ1) is 10.4. The minimum Gasteiger partial charge on any atom is -0.305 e. The van der Waals surface area contributed by atoms with Crippen LogP contribution in [0.15, 0.2) is 24.3 Å². The van der Waals surface area contributed by atoms with Crippen LogP contribution >= 0.6 is 11.6 Å². The summed E-state index contributed by atoms with van der Waals surface area (Å²) in [4.78, 5) is 22.8. The van der Waals surface area contributed by atoms with Crippen molar-refractivity contribution in [3.8, 4) is 0 Å². The zero-order chi connectivity index (χ0) is 16.3. The Morgan fingerprint density at radius 1 is 1.05 bits per heavy atom. The SMILES string of the molecule is Cc1cc(CN(C(=O)CCl)c2ccc(C)nc2C)cc(C)n1. The molecule has 2 aromatic heterocycles. The largest absolute Gasteiger partial charge is 0.305 e. The van der Waals surface area contributed by atoms with E-state index in [0.29, 0.717) is 6.54 Å². The average molecular weight is 318 g/mol. The van der Waals surface area contributed by atoms with Gasteiger partial charge in [0.05, 0.1) is 17.9 Å². The minimum absolute atomic E-state index is 0.0592. The average Bonchev–Trinajstić information content (AvgIpc) is 2.43. The molecule has 0 unspecified atom stereocenters. The van der Waals surface area contributed by atoms with Gasteiger partial charge in [0, 0.05) is 17.1 Å². The summed E-state index contributed by atoms with van der Waals surface area (Å²) in [7, 11) is 0. The van der Waals surface area contributed by atoms with Gasteiger partial charge in [0.25, 0.3) is 0 Å². The molecular weight excluding hydrogens is 298 g/mol. The number of carbonyl (C=O) groups excluding carboxylic acids is 1. The van der Waals surface area contributed by atoms with Gasteiger partial charge in [-0.15, -0.1) is 11.6 Å². The van der Waals surface area contributed by atoms with Crippen molar-refractivity contribution in [2.75, 3.05) is 10.8 Å². The fourth-order valence-corrected chi connectivity index (χ4v) is 2.68. The van der Waals surface area contributed by atoms with E-state index < -0.39 is 0 Å². The normalized spacial score (nSPS) is 10.6. The first-order valence-electron chi connectivity index (χ1n) is 7.15. The van der Waals surface area contributed by atoms with Crippen molar-refractivity contribution >= 4 is 23.2 Å². The first-order valence-corrected chi connectivity index (χ1v) is 7.69. The van der Waals surface area contributed by atoms with E-state index in [1.54, 1.807) is 4.90 Å². The Hall–Kier alpha value is -1.94. The number of aromatic nitrogens is 2. The van der Waals surface area contributed by atoms with Crippen molar-refractivity contribution in [1.82, 2.24) is 9.97 Å². The van der Waals surface area contributed by atoms with E-state index in [-0.39, 0.29) is 11.8 Å². The Morgan fingerprint density at radius 3 is 2.23 bits per heavy atom. The van der Waals surface area contributed by atoms with Crippen LogP contribution in [0.1, 0.15) is 28.3 Å². The van der Waals surface area contributed by atoms with Crippen molar-refractivity contribution in [3.63, 3.8) is 0 Å². The molecule has 0 N–H and O–H groups in total. The molecule has 2 aromatic rings. The van der Waals surface area contributed by atoms with Crippen molar-refractivity contribution < 1.29 is 4.79 Å². The predicted molar refractivity (Wildman–Crippen MR) is 89.3 cm³/mol. The number of pyridine rings is 2. The fraction of sp³-hybridized carbons (Fsp3) is 0.353. The highest BCUT2D eigenvalue weighted by Crippen LogP contribution is 2.22. The molecule has 1 amide bonds. The first kappa shape index (κ1) is 16.4. The third-order valence-electron chi connectivity index (χ3n) is 3.39. The van der Waals surface area contributed by atoms with Crippen LogP contribution in [-0.4, -0.2) is 21.8 Å². The van der Waals surface area contributed by atoms with Crippen molar-refractivity contribution in [2.45, 2.75) is 34.2 Å². The molecule has 0 atom stereocenters. The second-order valence-corrected chi connectivity index (χ2v) is 5.70. The standard InChI is InChI=1S/C17H20ClN3O/c1-11-5-6-16(14(4)20-11)21(17(22)9-18)10-15-7-12(2)19-13(3)8-15/h5-8H,9-10H2,1-4H3. The molecule has 4 nitrogen and oxygen atoms in total. The van der Waals surface area contributed by atoms with Gasteiger partial charge in [-0.3, -0.25) is 14.8 Å². The zero-order valence-electron chi connectivity index (χ0n) is 13.4. The van der Waals surface area contributed by atoms with E-state index in [1.165, 1.54) is 0 Å². The molecule has 0 aliphatic rings. The number of rotatable bonds is 4. The van der Waals surface area contributed by atoms with Gasteiger partial charge in [0.15, 0.2) is 0 Å². The monoisotopic (exact) mass is 317 g/mol. The second-order valence-electron chi connectivity index (χ2n) is 5.43. The number of alkyl halides is 1. The molecule has 0 aliphatic carbocycles. The number of halogens is 1. The van der Waals surface area contributed by atoms with Crippen LogP contribution in [0, 0.1) is 27.7 Å². The third-order valence-corrected chi connectivity index (χ3v) is 3.61. The van der Waals surface area contributed by atoms with Gasteiger partial charge in [0.1, 0.15) is 5.88 Å². The van der Waals surface area contributed by atoms with Crippen molar-refractivity contribution in [1.29, 1.82) is 0 Å². The highest BCUT2D eigenvalue weighted by atomic mass is 35.5. The maximum Gasteiger partial charge on any atom is 0.242 e. The van der Waals surface area contributed by atoms with Gasteiger partial charge < -0.3 is 4.90 Å². The van der Waals surface area contributed by atoms with E-state index in [0.717, 1.165) is 34.0 Å². The number of hydrogen-bond donors (Lipinski definition) is 0. The fourth-order valence-electron chi connectivity index (χ4n) is 2.54. The lowest BCUT2D eigenvalue weighted by atomic mass is 10.1. The molecule has 5 heteroatoms.